The number of carbonyl (C=O) groups excluding carboxylic acids is 1. The Kier molecular flexibility index (Phi) is 4.58. The van der Waals surface area contributed by atoms with Gasteiger partial charge in [0.05, 0.1) is 0 Å². The molecule has 0 aliphatic carbocycles. The summed E-state index contributed by atoms with van der Waals surface area (Å²) in [7, 11) is 0. The van der Waals surface area contributed by atoms with E-state index in [1.165, 1.54) is 5.57 Å². The third-order valence-electron chi connectivity index (χ3n) is 2.64. The number of carbonyl (C=O) groups is 2. The molecule has 2 amide bonds. The minimum absolute atomic E-state index is 0.0101. The van der Waals surface area contributed by atoms with E-state index < -0.39 is 12.0 Å². The maximum atomic E-state index is 11.7. The van der Waals surface area contributed by atoms with Crippen LogP contribution in [0.5, 0.6) is 0 Å². The molecule has 1 rings (SSSR count). The molecule has 1 aliphatic rings. The average Bonchev–Trinajstić information content (AvgIpc) is 2.29. The lowest BCUT2D eigenvalue weighted by Crippen LogP contribution is -2.48. The summed E-state index contributed by atoms with van der Waals surface area (Å²) in [6.07, 6.45) is 7.82. The zero-order valence-electron chi connectivity index (χ0n) is 9.77. The van der Waals surface area contributed by atoms with Gasteiger partial charge in [0.1, 0.15) is 6.04 Å². The number of nitrogens with zero attached hydrogens (tertiary/aromatic N) is 1. The Balaban J connectivity index is 2.53. The van der Waals surface area contributed by atoms with Crippen LogP contribution >= 0.6 is 0 Å². The van der Waals surface area contributed by atoms with E-state index in [-0.39, 0.29) is 12.5 Å². The van der Waals surface area contributed by atoms with Crippen LogP contribution < -0.4 is 5.32 Å². The Labute approximate surface area is 100 Å². The van der Waals surface area contributed by atoms with Crippen molar-refractivity contribution in [2.45, 2.75) is 25.8 Å². The molecule has 0 fully saturated rings. The van der Waals surface area contributed by atoms with E-state index in [0.29, 0.717) is 13.1 Å². The molecule has 1 heterocycles. The lowest BCUT2D eigenvalue weighted by atomic mass is 10.1. The van der Waals surface area contributed by atoms with E-state index in [1.807, 2.05) is 13.0 Å². The van der Waals surface area contributed by atoms with E-state index in [2.05, 4.69) is 11.2 Å². The lowest BCUT2D eigenvalue weighted by molar-refractivity contribution is -0.139. The fraction of sp³-hybridized carbons (Fsp3) is 0.500. The molecule has 0 aromatic rings. The summed E-state index contributed by atoms with van der Waals surface area (Å²) >= 11 is 0. The summed E-state index contributed by atoms with van der Waals surface area (Å²) in [5.74, 6) is 1.13. The molecule has 0 aromatic carbocycles. The van der Waals surface area contributed by atoms with Crippen molar-refractivity contribution in [1.29, 1.82) is 0 Å². The molecule has 0 radical (unpaired) electrons. The van der Waals surface area contributed by atoms with E-state index >= 15 is 0 Å². The summed E-state index contributed by atoms with van der Waals surface area (Å²) in [5.41, 5.74) is 1.24. The van der Waals surface area contributed by atoms with Gasteiger partial charge in [-0.1, -0.05) is 11.6 Å². The number of hydrogen-bond donors (Lipinski definition) is 2. The van der Waals surface area contributed by atoms with E-state index in [0.717, 1.165) is 6.42 Å². The molecular formula is C12H16N2O3. The number of carboxylic acids is 1. The zero-order valence-corrected chi connectivity index (χ0v) is 9.77. The van der Waals surface area contributed by atoms with Crippen LogP contribution in [0, 0.1) is 12.3 Å². The monoisotopic (exact) mass is 236 g/mol. The summed E-state index contributed by atoms with van der Waals surface area (Å²) in [6.45, 7) is 3.13. The normalized spacial score (nSPS) is 16.7. The number of rotatable bonds is 3. The maximum Gasteiger partial charge on any atom is 0.327 e. The molecule has 0 spiro atoms. The molecule has 0 saturated heterocycles. The maximum absolute atomic E-state index is 11.7. The van der Waals surface area contributed by atoms with Crippen molar-refractivity contribution in [1.82, 2.24) is 10.2 Å². The Morgan fingerprint density at radius 2 is 2.41 bits per heavy atom. The third-order valence-corrected chi connectivity index (χ3v) is 2.64. The van der Waals surface area contributed by atoms with Crippen molar-refractivity contribution in [3.8, 4) is 12.3 Å². The Morgan fingerprint density at radius 3 is 2.88 bits per heavy atom. The second-order valence-electron chi connectivity index (χ2n) is 4.00. The summed E-state index contributed by atoms with van der Waals surface area (Å²) in [4.78, 5) is 24.1. The SMILES string of the molecule is C#CCC(NC(=O)N1CC=C(C)CC1)C(=O)O. The molecule has 0 aromatic heterocycles. The molecule has 5 nitrogen and oxygen atoms in total. The highest BCUT2D eigenvalue weighted by atomic mass is 16.4. The van der Waals surface area contributed by atoms with Gasteiger partial charge in [-0.15, -0.1) is 12.3 Å². The molecule has 2 N–H and O–H groups in total. The van der Waals surface area contributed by atoms with E-state index in [9.17, 15) is 9.59 Å². The van der Waals surface area contributed by atoms with Gasteiger partial charge in [0, 0.05) is 19.5 Å². The molecule has 1 aliphatic heterocycles. The number of aliphatic carboxylic acids is 1. The Hall–Kier alpha value is -1.96. The third kappa shape index (κ3) is 3.83. The van der Waals surface area contributed by atoms with Crippen molar-refractivity contribution in [2.24, 2.45) is 0 Å². The van der Waals surface area contributed by atoms with Crippen molar-refractivity contribution in [3.05, 3.63) is 11.6 Å². The number of terminal acetylenes is 1. The van der Waals surface area contributed by atoms with Crippen LogP contribution in [0.1, 0.15) is 19.8 Å². The van der Waals surface area contributed by atoms with Gasteiger partial charge in [-0.3, -0.25) is 0 Å². The molecule has 1 unspecified atom stereocenters. The number of nitrogens with one attached hydrogen (secondary N) is 1. The Bertz CT molecular complexity index is 382. The fourth-order valence-electron chi connectivity index (χ4n) is 1.51. The molecular weight excluding hydrogens is 220 g/mol. The van der Waals surface area contributed by atoms with Crippen LogP contribution in [0.25, 0.3) is 0 Å². The van der Waals surface area contributed by atoms with Gasteiger partial charge >= 0.3 is 12.0 Å². The molecule has 0 saturated carbocycles. The highest BCUT2D eigenvalue weighted by Gasteiger charge is 2.22. The largest absolute Gasteiger partial charge is 0.480 e. The lowest BCUT2D eigenvalue weighted by Gasteiger charge is -2.26. The topological polar surface area (TPSA) is 69.6 Å². The van der Waals surface area contributed by atoms with Crippen molar-refractivity contribution >= 4 is 12.0 Å². The average molecular weight is 236 g/mol. The highest BCUT2D eigenvalue weighted by Crippen LogP contribution is 2.09. The first kappa shape index (κ1) is 13.1. The predicted molar refractivity (Wildman–Crippen MR) is 63.4 cm³/mol. The zero-order chi connectivity index (χ0) is 12.8. The van der Waals surface area contributed by atoms with Crippen LogP contribution in [0.2, 0.25) is 0 Å². The summed E-state index contributed by atoms with van der Waals surface area (Å²) < 4.78 is 0. The van der Waals surface area contributed by atoms with Gasteiger partial charge in [-0.2, -0.15) is 0 Å². The predicted octanol–water partition coefficient (Wildman–Crippen LogP) is 0.825. The minimum atomic E-state index is -1.11. The van der Waals surface area contributed by atoms with Gasteiger partial charge < -0.3 is 15.3 Å². The standard InChI is InChI=1S/C12H16N2O3/c1-3-4-10(11(15)16)13-12(17)14-7-5-9(2)6-8-14/h1,5,10H,4,6-8H2,2H3,(H,13,17)(H,15,16). The van der Waals surface area contributed by atoms with E-state index in [4.69, 9.17) is 11.5 Å². The second-order valence-corrected chi connectivity index (χ2v) is 4.00. The van der Waals surface area contributed by atoms with Crippen molar-refractivity contribution in [2.75, 3.05) is 13.1 Å². The van der Waals surface area contributed by atoms with Crippen LogP contribution in [-0.4, -0.2) is 41.1 Å². The van der Waals surface area contributed by atoms with Crippen molar-refractivity contribution < 1.29 is 14.7 Å². The van der Waals surface area contributed by atoms with Crippen molar-refractivity contribution in [3.63, 3.8) is 0 Å². The highest BCUT2D eigenvalue weighted by molar-refractivity contribution is 5.83. The van der Waals surface area contributed by atoms with Crippen LogP contribution in [-0.2, 0) is 4.79 Å². The molecule has 17 heavy (non-hydrogen) atoms. The second kappa shape index (κ2) is 5.94. The van der Waals surface area contributed by atoms with Gasteiger partial charge in [0.15, 0.2) is 0 Å². The molecule has 5 heteroatoms. The first-order chi connectivity index (χ1) is 8.04. The molecule has 1 atom stereocenters. The summed E-state index contributed by atoms with van der Waals surface area (Å²) in [5, 5.41) is 11.3. The first-order valence-corrected chi connectivity index (χ1v) is 5.42. The van der Waals surface area contributed by atoms with Crippen LogP contribution in [0.4, 0.5) is 4.79 Å². The number of amides is 2. The number of hydrogen-bond acceptors (Lipinski definition) is 2. The summed E-state index contributed by atoms with van der Waals surface area (Å²) in [6, 6.07) is -1.39. The first-order valence-electron chi connectivity index (χ1n) is 5.42. The van der Waals surface area contributed by atoms with Crippen LogP contribution in [0.15, 0.2) is 11.6 Å². The van der Waals surface area contributed by atoms with Gasteiger partial charge in [0.2, 0.25) is 0 Å². The smallest absolute Gasteiger partial charge is 0.327 e. The van der Waals surface area contributed by atoms with Gasteiger partial charge in [-0.05, 0) is 13.3 Å². The number of carboxylic acid groups (broad SMARTS) is 1. The Morgan fingerprint density at radius 1 is 1.71 bits per heavy atom. The molecule has 92 valence electrons. The minimum Gasteiger partial charge on any atom is -0.480 e. The van der Waals surface area contributed by atoms with Gasteiger partial charge in [0.25, 0.3) is 0 Å². The number of urea groups is 1. The fourth-order valence-corrected chi connectivity index (χ4v) is 1.51. The van der Waals surface area contributed by atoms with Crippen LogP contribution in [0.3, 0.4) is 0 Å². The van der Waals surface area contributed by atoms with Gasteiger partial charge in [-0.25, -0.2) is 9.59 Å². The van der Waals surface area contributed by atoms with E-state index in [1.54, 1.807) is 4.90 Å². The quantitative estimate of drug-likeness (QED) is 0.563. The molecule has 0 bridgehead atoms.